The standard InChI is InChI=1S/C21H17N5O2S2/c1-13-23-18-6-4-16(11-19(18)24-13)30(27,28)26-8-9-29-21-7-2-14(10-20(21)26)17-5-3-15(12-22)25-17/h2-7,10-11,25H,8-9H2,1H3,(H,23,24). The highest BCUT2D eigenvalue weighted by Gasteiger charge is 2.30. The summed E-state index contributed by atoms with van der Waals surface area (Å²) in [7, 11) is -3.75. The lowest BCUT2D eigenvalue weighted by atomic mass is 10.1. The Morgan fingerprint density at radius 1 is 1.13 bits per heavy atom. The lowest BCUT2D eigenvalue weighted by Gasteiger charge is -2.30. The molecule has 30 heavy (non-hydrogen) atoms. The van der Waals surface area contributed by atoms with Crippen LogP contribution in [0.5, 0.6) is 0 Å². The van der Waals surface area contributed by atoms with Crippen LogP contribution in [0, 0.1) is 18.3 Å². The molecule has 2 aromatic carbocycles. The number of aryl methyl sites for hydroxylation is 1. The third kappa shape index (κ3) is 3.05. The molecular weight excluding hydrogens is 418 g/mol. The van der Waals surface area contributed by atoms with Gasteiger partial charge in [-0.2, -0.15) is 5.26 Å². The fourth-order valence-corrected chi connectivity index (χ4v) is 6.29. The summed E-state index contributed by atoms with van der Waals surface area (Å²) in [5.74, 6) is 1.42. The van der Waals surface area contributed by atoms with Gasteiger partial charge in [0.25, 0.3) is 10.0 Å². The van der Waals surface area contributed by atoms with E-state index in [-0.39, 0.29) is 4.90 Å². The molecule has 1 aliphatic heterocycles. The molecule has 150 valence electrons. The maximum absolute atomic E-state index is 13.5. The van der Waals surface area contributed by atoms with Crippen molar-refractivity contribution in [2.45, 2.75) is 16.7 Å². The van der Waals surface area contributed by atoms with Gasteiger partial charge in [0.2, 0.25) is 0 Å². The minimum atomic E-state index is -3.75. The van der Waals surface area contributed by atoms with Crippen LogP contribution in [0.1, 0.15) is 11.5 Å². The van der Waals surface area contributed by atoms with Gasteiger partial charge < -0.3 is 9.97 Å². The molecule has 0 atom stereocenters. The van der Waals surface area contributed by atoms with Crippen molar-refractivity contribution in [1.82, 2.24) is 15.0 Å². The molecule has 0 radical (unpaired) electrons. The van der Waals surface area contributed by atoms with E-state index in [1.54, 1.807) is 36.0 Å². The van der Waals surface area contributed by atoms with Crippen molar-refractivity contribution in [2.75, 3.05) is 16.6 Å². The van der Waals surface area contributed by atoms with Crippen LogP contribution < -0.4 is 4.31 Å². The predicted octanol–water partition coefficient (Wildman–Crippen LogP) is 4.04. The predicted molar refractivity (Wildman–Crippen MR) is 117 cm³/mol. The van der Waals surface area contributed by atoms with Crippen molar-refractivity contribution in [2.24, 2.45) is 0 Å². The van der Waals surface area contributed by atoms with Gasteiger partial charge in [0.15, 0.2) is 0 Å². The number of hydrogen-bond donors (Lipinski definition) is 2. The molecule has 2 aromatic heterocycles. The molecule has 9 heteroatoms. The monoisotopic (exact) mass is 435 g/mol. The number of hydrogen-bond acceptors (Lipinski definition) is 5. The number of H-pyrrole nitrogens is 2. The smallest absolute Gasteiger partial charge is 0.264 e. The molecule has 0 spiro atoms. The normalized spacial score (nSPS) is 13.9. The molecule has 2 N–H and O–H groups in total. The molecule has 4 aromatic rings. The second kappa shape index (κ2) is 6.93. The topological polar surface area (TPSA) is 106 Å². The summed E-state index contributed by atoms with van der Waals surface area (Å²) < 4.78 is 28.5. The van der Waals surface area contributed by atoms with Gasteiger partial charge in [0, 0.05) is 28.5 Å². The molecule has 0 fully saturated rings. The zero-order chi connectivity index (χ0) is 20.9. The largest absolute Gasteiger partial charge is 0.346 e. The molecule has 0 saturated carbocycles. The van der Waals surface area contributed by atoms with E-state index in [0.717, 1.165) is 27.5 Å². The van der Waals surface area contributed by atoms with E-state index < -0.39 is 10.0 Å². The summed E-state index contributed by atoms with van der Waals surface area (Å²) in [6, 6.07) is 16.3. The highest BCUT2D eigenvalue weighted by atomic mass is 32.2. The van der Waals surface area contributed by atoms with Crippen molar-refractivity contribution in [3.63, 3.8) is 0 Å². The molecule has 0 bridgehead atoms. The van der Waals surface area contributed by atoms with Gasteiger partial charge in [0.1, 0.15) is 17.6 Å². The number of anilines is 1. The van der Waals surface area contributed by atoms with Crippen LogP contribution in [0.4, 0.5) is 5.69 Å². The first-order chi connectivity index (χ1) is 14.5. The summed E-state index contributed by atoms with van der Waals surface area (Å²) in [6.07, 6.45) is 0. The Kier molecular flexibility index (Phi) is 4.34. The quantitative estimate of drug-likeness (QED) is 0.505. The molecule has 0 unspecified atom stereocenters. The third-order valence-corrected chi connectivity index (χ3v) is 7.91. The Hall–Kier alpha value is -3.22. The van der Waals surface area contributed by atoms with Gasteiger partial charge in [-0.05, 0) is 49.4 Å². The minimum Gasteiger partial charge on any atom is -0.346 e. The number of aromatic nitrogens is 3. The fraction of sp³-hybridized carbons (Fsp3) is 0.143. The first-order valence-corrected chi connectivity index (χ1v) is 11.7. The van der Waals surface area contributed by atoms with Crippen molar-refractivity contribution < 1.29 is 8.42 Å². The maximum Gasteiger partial charge on any atom is 0.264 e. The van der Waals surface area contributed by atoms with Gasteiger partial charge in [-0.15, -0.1) is 11.8 Å². The van der Waals surface area contributed by atoms with Crippen LogP contribution in [0.25, 0.3) is 22.3 Å². The van der Waals surface area contributed by atoms with Crippen molar-refractivity contribution in [3.05, 3.63) is 60.0 Å². The average Bonchev–Trinajstić information content (AvgIpc) is 3.37. The Balaban J connectivity index is 1.60. The highest BCUT2D eigenvalue weighted by Crippen LogP contribution is 2.40. The third-order valence-electron chi connectivity index (χ3n) is 5.06. The van der Waals surface area contributed by atoms with Crippen LogP contribution in [0.2, 0.25) is 0 Å². The number of benzene rings is 2. The molecule has 1 aliphatic rings. The Morgan fingerprint density at radius 3 is 2.80 bits per heavy atom. The second-order valence-corrected chi connectivity index (χ2v) is 10.0. The number of nitrogens with zero attached hydrogens (tertiary/aromatic N) is 3. The van der Waals surface area contributed by atoms with Crippen LogP contribution >= 0.6 is 11.8 Å². The van der Waals surface area contributed by atoms with Gasteiger partial charge in [-0.3, -0.25) is 4.31 Å². The summed E-state index contributed by atoms with van der Waals surface area (Å²) in [6.45, 7) is 2.23. The molecule has 7 nitrogen and oxygen atoms in total. The van der Waals surface area contributed by atoms with Crippen molar-refractivity contribution in [1.29, 1.82) is 5.26 Å². The van der Waals surface area contributed by atoms with E-state index >= 15 is 0 Å². The Labute approximate surface area is 177 Å². The number of rotatable bonds is 3. The van der Waals surface area contributed by atoms with E-state index in [9.17, 15) is 8.42 Å². The number of fused-ring (bicyclic) bond motifs is 2. The van der Waals surface area contributed by atoms with Crippen molar-refractivity contribution in [3.8, 4) is 17.3 Å². The number of nitrogens with one attached hydrogen (secondary N) is 2. The van der Waals surface area contributed by atoms with E-state index in [1.165, 1.54) is 4.31 Å². The zero-order valence-corrected chi connectivity index (χ0v) is 17.6. The lowest BCUT2D eigenvalue weighted by molar-refractivity contribution is 0.591. The number of thioether (sulfide) groups is 1. The molecule has 0 aliphatic carbocycles. The fourth-order valence-electron chi connectivity index (χ4n) is 3.64. The molecule has 5 rings (SSSR count). The number of nitriles is 1. The first-order valence-electron chi connectivity index (χ1n) is 9.31. The van der Waals surface area contributed by atoms with Gasteiger partial charge >= 0.3 is 0 Å². The minimum absolute atomic E-state index is 0.230. The summed E-state index contributed by atoms with van der Waals surface area (Å²) in [4.78, 5) is 11.6. The number of sulfonamides is 1. The summed E-state index contributed by atoms with van der Waals surface area (Å²) in [5.41, 5.74) is 4.16. The summed E-state index contributed by atoms with van der Waals surface area (Å²) in [5, 5.41) is 9.06. The molecule has 0 saturated heterocycles. The lowest BCUT2D eigenvalue weighted by Crippen LogP contribution is -2.35. The summed E-state index contributed by atoms with van der Waals surface area (Å²) >= 11 is 1.64. The van der Waals surface area contributed by atoms with Crippen LogP contribution in [0.15, 0.2) is 58.3 Å². The SMILES string of the molecule is Cc1nc2ccc(S(=O)(=O)N3CCSc4ccc(-c5ccc(C#N)[nH]5)cc43)cc2[nH]1. The zero-order valence-electron chi connectivity index (χ0n) is 16.0. The number of imidazole rings is 1. The maximum atomic E-state index is 13.5. The van der Waals surface area contributed by atoms with Gasteiger partial charge in [-0.25, -0.2) is 13.4 Å². The van der Waals surface area contributed by atoms with Gasteiger partial charge in [0.05, 0.1) is 21.6 Å². The molecule has 0 amide bonds. The van der Waals surface area contributed by atoms with Crippen LogP contribution in [-0.2, 0) is 10.0 Å². The average molecular weight is 436 g/mol. The van der Waals surface area contributed by atoms with E-state index in [4.69, 9.17) is 5.26 Å². The van der Waals surface area contributed by atoms with Crippen LogP contribution in [-0.4, -0.2) is 35.7 Å². The van der Waals surface area contributed by atoms with Crippen molar-refractivity contribution >= 4 is 38.5 Å². The second-order valence-electron chi connectivity index (χ2n) is 7.01. The molecular formula is C21H17N5O2S2. The molecule has 3 heterocycles. The number of aromatic amines is 2. The highest BCUT2D eigenvalue weighted by molar-refractivity contribution is 8.00. The van der Waals surface area contributed by atoms with E-state index in [1.807, 2.05) is 31.2 Å². The Morgan fingerprint density at radius 2 is 2.00 bits per heavy atom. The Bertz CT molecular complexity index is 1430. The first kappa shape index (κ1) is 18.8. The van der Waals surface area contributed by atoms with Gasteiger partial charge in [-0.1, -0.05) is 6.07 Å². The van der Waals surface area contributed by atoms with E-state index in [2.05, 4.69) is 21.0 Å². The van der Waals surface area contributed by atoms with E-state index in [0.29, 0.717) is 29.2 Å². The van der Waals surface area contributed by atoms with Crippen LogP contribution in [0.3, 0.4) is 0 Å².